The normalized spacial score (nSPS) is 15.7. The molecule has 0 aromatic heterocycles. The van der Waals surface area contributed by atoms with Gasteiger partial charge in [0.2, 0.25) is 0 Å². The first kappa shape index (κ1) is 19.7. The van der Waals surface area contributed by atoms with Crippen molar-refractivity contribution < 1.29 is 23.8 Å². The second kappa shape index (κ2) is 8.73. The standard InChI is InChI=1S/C21H23FN2O4/c1-14(28-19-8-6-18(25)7-9-19)21(27)24-12-10-17(11-13-24)23-20(26)15-2-4-16(22)5-3-15/h2-9,14,17,25H,10-13H2,1H3,(H,23,26). The molecule has 2 amide bonds. The van der Waals surface area contributed by atoms with Crippen LogP contribution in [0.4, 0.5) is 4.39 Å². The van der Waals surface area contributed by atoms with Gasteiger partial charge in [0.1, 0.15) is 17.3 Å². The van der Waals surface area contributed by atoms with E-state index in [1.165, 1.54) is 36.4 Å². The second-order valence-corrected chi connectivity index (χ2v) is 6.83. The highest BCUT2D eigenvalue weighted by molar-refractivity contribution is 5.94. The van der Waals surface area contributed by atoms with Gasteiger partial charge in [-0.2, -0.15) is 0 Å². The van der Waals surface area contributed by atoms with Crippen LogP contribution in [0.2, 0.25) is 0 Å². The molecule has 1 fully saturated rings. The number of halogens is 1. The van der Waals surface area contributed by atoms with E-state index in [-0.39, 0.29) is 29.4 Å². The van der Waals surface area contributed by atoms with E-state index in [9.17, 15) is 19.1 Å². The zero-order valence-electron chi connectivity index (χ0n) is 15.6. The third kappa shape index (κ3) is 5.00. The smallest absolute Gasteiger partial charge is 0.263 e. The Morgan fingerprint density at radius 1 is 1.11 bits per heavy atom. The van der Waals surface area contributed by atoms with Crippen LogP contribution < -0.4 is 10.1 Å². The number of ether oxygens (including phenoxy) is 1. The first-order valence-corrected chi connectivity index (χ1v) is 9.23. The van der Waals surface area contributed by atoms with E-state index in [1.807, 2.05) is 0 Å². The molecule has 0 radical (unpaired) electrons. The van der Waals surface area contributed by atoms with Gasteiger partial charge in [0.25, 0.3) is 11.8 Å². The number of carbonyl (C=O) groups is 2. The van der Waals surface area contributed by atoms with Gasteiger partial charge in [-0.1, -0.05) is 0 Å². The average molecular weight is 386 g/mol. The van der Waals surface area contributed by atoms with Gasteiger partial charge in [-0.05, 0) is 68.3 Å². The topological polar surface area (TPSA) is 78.9 Å². The molecule has 1 aliphatic heterocycles. The molecule has 1 aliphatic rings. The average Bonchev–Trinajstić information content (AvgIpc) is 2.70. The predicted octanol–water partition coefficient (Wildman–Crippen LogP) is 2.72. The maximum Gasteiger partial charge on any atom is 0.263 e. The van der Waals surface area contributed by atoms with Crippen LogP contribution in [0.3, 0.4) is 0 Å². The zero-order valence-corrected chi connectivity index (χ0v) is 15.6. The lowest BCUT2D eigenvalue weighted by atomic mass is 10.0. The second-order valence-electron chi connectivity index (χ2n) is 6.83. The summed E-state index contributed by atoms with van der Waals surface area (Å²) in [6, 6.07) is 11.6. The Bertz CT molecular complexity index is 815. The van der Waals surface area contributed by atoms with Crippen LogP contribution in [0.15, 0.2) is 48.5 Å². The highest BCUT2D eigenvalue weighted by Crippen LogP contribution is 2.19. The SMILES string of the molecule is CC(Oc1ccc(O)cc1)C(=O)N1CCC(NC(=O)c2ccc(F)cc2)CC1. The maximum atomic E-state index is 13.0. The monoisotopic (exact) mass is 386 g/mol. The van der Waals surface area contributed by atoms with Crippen molar-refractivity contribution in [3.63, 3.8) is 0 Å². The van der Waals surface area contributed by atoms with E-state index in [0.717, 1.165) is 0 Å². The van der Waals surface area contributed by atoms with Crippen molar-refractivity contribution in [3.8, 4) is 11.5 Å². The number of nitrogens with zero attached hydrogens (tertiary/aromatic N) is 1. The number of phenols is 1. The minimum Gasteiger partial charge on any atom is -0.508 e. The number of aromatic hydroxyl groups is 1. The van der Waals surface area contributed by atoms with Crippen LogP contribution in [0, 0.1) is 5.82 Å². The number of likely N-dealkylation sites (tertiary alicyclic amines) is 1. The van der Waals surface area contributed by atoms with E-state index in [4.69, 9.17) is 4.74 Å². The third-order valence-corrected chi connectivity index (χ3v) is 4.75. The Balaban J connectivity index is 1.47. The molecule has 2 aromatic carbocycles. The molecule has 1 unspecified atom stereocenters. The molecule has 148 valence electrons. The van der Waals surface area contributed by atoms with Crippen LogP contribution in [0.5, 0.6) is 11.5 Å². The number of amides is 2. The van der Waals surface area contributed by atoms with Gasteiger partial charge >= 0.3 is 0 Å². The first-order valence-electron chi connectivity index (χ1n) is 9.23. The van der Waals surface area contributed by atoms with E-state index >= 15 is 0 Å². The minimum absolute atomic E-state index is 0.0325. The molecule has 0 bridgehead atoms. The van der Waals surface area contributed by atoms with Gasteiger partial charge in [0, 0.05) is 24.7 Å². The summed E-state index contributed by atoms with van der Waals surface area (Å²) in [5.41, 5.74) is 0.413. The van der Waals surface area contributed by atoms with E-state index in [0.29, 0.717) is 37.2 Å². The molecule has 2 aromatic rings. The van der Waals surface area contributed by atoms with Crippen molar-refractivity contribution in [1.29, 1.82) is 0 Å². The van der Waals surface area contributed by atoms with Gasteiger partial charge in [0.05, 0.1) is 0 Å². The molecule has 7 heteroatoms. The molecular formula is C21H23FN2O4. The number of hydrogen-bond donors (Lipinski definition) is 2. The van der Waals surface area contributed by atoms with Crippen molar-refractivity contribution in [2.75, 3.05) is 13.1 Å². The Morgan fingerprint density at radius 3 is 2.32 bits per heavy atom. The minimum atomic E-state index is -0.644. The number of phenolic OH excluding ortho intramolecular Hbond substituents is 1. The molecule has 3 rings (SSSR count). The number of hydrogen-bond acceptors (Lipinski definition) is 4. The van der Waals surface area contributed by atoms with Crippen molar-refractivity contribution in [2.45, 2.75) is 31.9 Å². The Morgan fingerprint density at radius 2 is 1.71 bits per heavy atom. The van der Waals surface area contributed by atoms with Crippen LogP contribution >= 0.6 is 0 Å². The molecule has 0 spiro atoms. The van der Waals surface area contributed by atoms with Gasteiger partial charge < -0.3 is 20.1 Å². The van der Waals surface area contributed by atoms with E-state index < -0.39 is 6.10 Å². The lowest BCUT2D eigenvalue weighted by Gasteiger charge is -2.33. The number of rotatable bonds is 5. The molecule has 1 saturated heterocycles. The fourth-order valence-electron chi connectivity index (χ4n) is 3.15. The first-order chi connectivity index (χ1) is 13.4. The van der Waals surface area contributed by atoms with Crippen LogP contribution in [-0.4, -0.2) is 47.1 Å². The summed E-state index contributed by atoms with van der Waals surface area (Å²) in [5.74, 6) is -0.0895. The highest BCUT2D eigenvalue weighted by atomic mass is 19.1. The van der Waals surface area contributed by atoms with Crippen molar-refractivity contribution in [1.82, 2.24) is 10.2 Å². The summed E-state index contributed by atoms with van der Waals surface area (Å²) in [7, 11) is 0. The molecule has 2 N–H and O–H groups in total. The van der Waals surface area contributed by atoms with Gasteiger partial charge in [0.15, 0.2) is 6.10 Å². The molecule has 6 nitrogen and oxygen atoms in total. The summed E-state index contributed by atoms with van der Waals surface area (Å²) < 4.78 is 18.6. The molecule has 1 heterocycles. The molecule has 0 aliphatic carbocycles. The molecule has 28 heavy (non-hydrogen) atoms. The maximum absolute atomic E-state index is 13.0. The Kier molecular flexibility index (Phi) is 6.13. The van der Waals surface area contributed by atoms with E-state index in [1.54, 1.807) is 24.0 Å². The quantitative estimate of drug-likeness (QED) is 0.828. The summed E-state index contributed by atoms with van der Waals surface area (Å²) in [4.78, 5) is 26.5. The van der Waals surface area contributed by atoms with Crippen LogP contribution in [-0.2, 0) is 4.79 Å². The van der Waals surface area contributed by atoms with E-state index in [2.05, 4.69) is 5.32 Å². The van der Waals surface area contributed by atoms with Gasteiger partial charge in [-0.3, -0.25) is 9.59 Å². The number of piperidine rings is 1. The lowest BCUT2D eigenvalue weighted by Crippen LogP contribution is -2.49. The molecule has 0 saturated carbocycles. The number of benzene rings is 2. The molecule has 1 atom stereocenters. The lowest BCUT2D eigenvalue weighted by molar-refractivity contribution is -0.139. The fourth-order valence-corrected chi connectivity index (χ4v) is 3.15. The highest BCUT2D eigenvalue weighted by Gasteiger charge is 2.27. The summed E-state index contributed by atoms with van der Waals surface area (Å²) >= 11 is 0. The third-order valence-electron chi connectivity index (χ3n) is 4.75. The Hall–Kier alpha value is -3.09. The summed E-state index contributed by atoms with van der Waals surface area (Å²) in [6.07, 6.45) is 0.643. The predicted molar refractivity (Wildman–Crippen MR) is 102 cm³/mol. The molecular weight excluding hydrogens is 363 g/mol. The van der Waals surface area contributed by atoms with Crippen molar-refractivity contribution in [3.05, 3.63) is 59.9 Å². The fraction of sp³-hybridized carbons (Fsp3) is 0.333. The summed E-state index contributed by atoms with van der Waals surface area (Å²) in [6.45, 7) is 2.74. The summed E-state index contributed by atoms with van der Waals surface area (Å²) in [5, 5.41) is 12.2. The van der Waals surface area contributed by atoms with Crippen molar-refractivity contribution in [2.24, 2.45) is 0 Å². The Labute approximate surface area is 162 Å². The largest absolute Gasteiger partial charge is 0.508 e. The van der Waals surface area contributed by atoms with Crippen LogP contribution in [0.25, 0.3) is 0 Å². The van der Waals surface area contributed by atoms with Crippen molar-refractivity contribution >= 4 is 11.8 Å². The van der Waals surface area contributed by atoms with Gasteiger partial charge in [-0.15, -0.1) is 0 Å². The number of nitrogens with one attached hydrogen (secondary N) is 1. The zero-order chi connectivity index (χ0) is 20.1. The van der Waals surface area contributed by atoms with Crippen LogP contribution in [0.1, 0.15) is 30.1 Å². The van der Waals surface area contributed by atoms with Gasteiger partial charge in [-0.25, -0.2) is 4.39 Å². The number of carbonyl (C=O) groups excluding carboxylic acids is 2.